The lowest BCUT2D eigenvalue weighted by molar-refractivity contribution is 0.123. The van der Waals surface area contributed by atoms with Gasteiger partial charge in [0.05, 0.1) is 12.4 Å². The van der Waals surface area contributed by atoms with Gasteiger partial charge in [0, 0.05) is 0 Å². The summed E-state index contributed by atoms with van der Waals surface area (Å²) in [7, 11) is 0. The predicted octanol–water partition coefficient (Wildman–Crippen LogP) is 1.24. The monoisotopic (exact) mass is 167 g/mol. The summed E-state index contributed by atoms with van der Waals surface area (Å²) in [4.78, 5) is 7.81. The molecule has 0 fully saturated rings. The van der Waals surface area contributed by atoms with Gasteiger partial charge in [0.2, 0.25) is 5.88 Å². The van der Waals surface area contributed by atoms with Crippen LogP contribution in [0.25, 0.3) is 0 Å². The minimum atomic E-state index is -0.245. The molecule has 0 aromatic carbocycles. The van der Waals surface area contributed by atoms with E-state index in [-0.39, 0.29) is 5.60 Å². The van der Waals surface area contributed by atoms with E-state index < -0.39 is 0 Å². The van der Waals surface area contributed by atoms with Crippen molar-refractivity contribution >= 4 is 5.82 Å². The smallest absolute Gasteiger partial charge is 0.232 e. The minimum absolute atomic E-state index is 0.245. The molecule has 1 heterocycles. The van der Waals surface area contributed by atoms with Crippen LogP contribution in [-0.2, 0) is 0 Å². The van der Waals surface area contributed by atoms with E-state index in [9.17, 15) is 0 Å². The summed E-state index contributed by atoms with van der Waals surface area (Å²) in [6.07, 6.45) is 2.99. The number of anilines is 1. The van der Waals surface area contributed by atoms with Crippen LogP contribution in [-0.4, -0.2) is 15.6 Å². The third kappa shape index (κ3) is 2.74. The third-order valence-electron chi connectivity index (χ3n) is 1.06. The average Bonchev–Trinajstić information content (AvgIpc) is 1.91. The molecule has 4 nitrogen and oxygen atoms in total. The van der Waals surface area contributed by atoms with Crippen molar-refractivity contribution in [3.63, 3.8) is 0 Å². The molecule has 0 aliphatic carbocycles. The lowest BCUT2D eigenvalue weighted by Gasteiger charge is -2.19. The summed E-state index contributed by atoms with van der Waals surface area (Å²) >= 11 is 0. The maximum atomic E-state index is 5.43. The van der Waals surface area contributed by atoms with E-state index in [0.29, 0.717) is 11.7 Å². The fourth-order valence-electron chi connectivity index (χ4n) is 0.693. The number of nitrogens with zero attached hydrogens (tertiary/aromatic N) is 2. The molecule has 0 saturated carbocycles. The highest BCUT2D eigenvalue weighted by atomic mass is 16.5. The molecule has 2 N–H and O–H groups in total. The molecule has 0 radical (unpaired) electrons. The highest BCUT2D eigenvalue weighted by Gasteiger charge is 2.12. The first kappa shape index (κ1) is 8.77. The zero-order chi connectivity index (χ0) is 9.19. The topological polar surface area (TPSA) is 61.0 Å². The lowest BCUT2D eigenvalue weighted by atomic mass is 10.2. The fraction of sp³-hybridized carbons (Fsp3) is 0.500. The summed E-state index contributed by atoms with van der Waals surface area (Å²) in [6.45, 7) is 5.85. The van der Waals surface area contributed by atoms with Crippen molar-refractivity contribution in [1.29, 1.82) is 0 Å². The van der Waals surface area contributed by atoms with Crippen LogP contribution in [0.3, 0.4) is 0 Å². The minimum Gasteiger partial charge on any atom is -0.471 e. The maximum Gasteiger partial charge on any atom is 0.232 e. The van der Waals surface area contributed by atoms with Crippen molar-refractivity contribution in [2.45, 2.75) is 26.4 Å². The fourth-order valence-corrected chi connectivity index (χ4v) is 0.693. The van der Waals surface area contributed by atoms with Gasteiger partial charge in [-0.05, 0) is 20.8 Å². The Labute approximate surface area is 71.8 Å². The van der Waals surface area contributed by atoms with Gasteiger partial charge in [-0.2, -0.15) is 0 Å². The molecule has 4 heteroatoms. The van der Waals surface area contributed by atoms with Crippen molar-refractivity contribution < 1.29 is 4.74 Å². The molecule has 0 bridgehead atoms. The van der Waals surface area contributed by atoms with E-state index in [2.05, 4.69) is 9.97 Å². The Bertz CT molecular complexity index is 250. The van der Waals surface area contributed by atoms with Crippen LogP contribution in [0.2, 0.25) is 0 Å². The number of hydrogen-bond acceptors (Lipinski definition) is 4. The normalized spacial score (nSPS) is 11.2. The number of hydrogen-bond donors (Lipinski definition) is 1. The summed E-state index contributed by atoms with van der Waals surface area (Å²) in [6, 6.07) is 0. The average molecular weight is 167 g/mol. The van der Waals surface area contributed by atoms with Crippen molar-refractivity contribution in [1.82, 2.24) is 9.97 Å². The van der Waals surface area contributed by atoms with E-state index >= 15 is 0 Å². The van der Waals surface area contributed by atoms with Gasteiger partial charge in [0.25, 0.3) is 0 Å². The quantitative estimate of drug-likeness (QED) is 0.683. The molecule has 0 spiro atoms. The Balaban J connectivity index is 2.71. The molecule has 0 amide bonds. The van der Waals surface area contributed by atoms with Crippen LogP contribution in [0.1, 0.15) is 20.8 Å². The SMILES string of the molecule is CC(C)(C)Oc1cnc(N)cn1. The number of nitrogen functional groups attached to an aromatic ring is 1. The second-order valence-electron chi connectivity index (χ2n) is 3.49. The maximum absolute atomic E-state index is 5.43. The molecular formula is C8H13N3O. The van der Waals surface area contributed by atoms with Gasteiger partial charge in [-0.15, -0.1) is 0 Å². The highest BCUT2D eigenvalue weighted by molar-refractivity contribution is 5.24. The van der Waals surface area contributed by atoms with Crippen molar-refractivity contribution in [3.05, 3.63) is 12.4 Å². The van der Waals surface area contributed by atoms with E-state index in [4.69, 9.17) is 10.5 Å². The number of aromatic nitrogens is 2. The standard InChI is InChI=1S/C8H13N3O/c1-8(2,3)12-7-5-10-6(9)4-11-7/h4-5H,1-3H3,(H2,9,10). The highest BCUT2D eigenvalue weighted by Crippen LogP contribution is 2.13. The first-order valence-corrected chi connectivity index (χ1v) is 3.74. The largest absolute Gasteiger partial charge is 0.471 e. The van der Waals surface area contributed by atoms with Gasteiger partial charge in [0.15, 0.2) is 0 Å². The lowest BCUT2D eigenvalue weighted by Crippen LogP contribution is -2.23. The Morgan fingerprint density at radius 1 is 1.25 bits per heavy atom. The van der Waals surface area contributed by atoms with E-state index in [1.165, 1.54) is 12.4 Å². The number of nitrogens with two attached hydrogens (primary N) is 1. The van der Waals surface area contributed by atoms with Crippen LogP contribution in [0.15, 0.2) is 12.4 Å². The second kappa shape index (κ2) is 2.97. The molecule has 0 aliphatic heterocycles. The molecule has 0 atom stereocenters. The van der Waals surface area contributed by atoms with Gasteiger partial charge in [-0.25, -0.2) is 9.97 Å². The van der Waals surface area contributed by atoms with Crippen LogP contribution in [0.5, 0.6) is 5.88 Å². The molecule has 0 unspecified atom stereocenters. The van der Waals surface area contributed by atoms with Crippen molar-refractivity contribution in [2.24, 2.45) is 0 Å². The number of rotatable bonds is 1. The third-order valence-corrected chi connectivity index (χ3v) is 1.06. The van der Waals surface area contributed by atoms with Gasteiger partial charge in [-0.1, -0.05) is 0 Å². The van der Waals surface area contributed by atoms with E-state index in [1.54, 1.807) is 0 Å². The van der Waals surface area contributed by atoms with Gasteiger partial charge < -0.3 is 10.5 Å². The molecule has 0 saturated heterocycles. The van der Waals surface area contributed by atoms with Gasteiger partial charge in [-0.3, -0.25) is 0 Å². The molecule has 1 rings (SSSR count). The molecular weight excluding hydrogens is 154 g/mol. The predicted molar refractivity (Wildman–Crippen MR) is 46.8 cm³/mol. The molecule has 1 aromatic rings. The van der Waals surface area contributed by atoms with E-state index in [0.717, 1.165) is 0 Å². The van der Waals surface area contributed by atoms with Gasteiger partial charge in [0.1, 0.15) is 11.4 Å². The molecule has 66 valence electrons. The molecule has 1 aromatic heterocycles. The zero-order valence-electron chi connectivity index (χ0n) is 7.53. The zero-order valence-corrected chi connectivity index (χ0v) is 7.53. The van der Waals surface area contributed by atoms with Crippen LogP contribution in [0, 0.1) is 0 Å². The Kier molecular flexibility index (Phi) is 2.17. The van der Waals surface area contributed by atoms with Crippen molar-refractivity contribution in [3.8, 4) is 5.88 Å². The van der Waals surface area contributed by atoms with Crippen LogP contribution < -0.4 is 10.5 Å². The van der Waals surface area contributed by atoms with Crippen LogP contribution >= 0.6 is 0 Å². The second-order valence-corrected chi connectivity index (χ2v) is 3.49. The summed E-state index contributed by atoms with van der Waals surface area (Å²) in [5.41, 5.74) is 5.12. The summed E-state index contributed by atoms with van der Waals surface area (Å²) in [5, 5.41) is 0. The summed E-state index contributed by atoms with van der Waals surface area (Å²) < 4.78 is 5.43. The Morgan fingerprint density at radius 2 is 1.92 bits per heavy atom. The molecule has 0 aliphatic rings. The van der Waals surface area contributed by atoms with Crippen LogP contribution in [0.4, 0.5) is 5.82 Å². The Hall–Kier alpha value is -1.32. The first-order valence-electron chi connectivity index (χ1n) is 3.74. The van der Waals surface area contributed by atoms with E-state index in [1.807, 2.05) is 20.8 Å². The summed E-state index contributed by atoms with van der Waals surface area (Å²) in [5.74, 6) is 0.896. The first-order chi connectivity index (χ1) is 5.47. The molecule has 12 heavy (non-hydrogen) atoms. The number of ether oxygens (including phenoxy) is 1. The van der Waals surface area contributed by atoms with Crippen molar-refractivity contribution in [2.75, 3.05) is 5.73 Å². The van der Waals surface area contributed by atoms with Gasteiger partial charge >= 0.3 is 0 Å². The Morgan fingerprint density at radius 3 is 2.33 bits per heavy atom.